The summed E-state index contributed by atoms with van der Waals surface area (Å²) in [6.07, 6.45) is 0. The molecule has 0 saturated heterocycles. The number of carbonyl (C=O) groups excluding carboxylic acids is 2. The van der Waals surface area contributed by atoms with Crippen molar-refractivity contribution < 1.29 is 9.59 Å². The van der Waals surface area contributed by atoms with Crippen LogP contribution in [0.2, 0.25) is 5.02 Å². The summed E-state index contributed by atoms with van der Waals surface area (Å²) in [4.78, 5) is 30.1. The molecule has 0 fully saturated rings. The molecule has 4 rings (SSSR count). The average Bonchev–Trinajstić information content (AvgIpc) is 2.99. The first-order valence-electron chi connectivity index (χ1n) is 8.54. The maximum absolute atomic E-state index is 13.0. The van der Waals surface area contributed by atoms with E-state index in [2.05, 4.69) is 26.2 Å². The molecule has 4 nitrogen and oxygen atoms in total. The summed E-state index contributed by atoms with van der Waals surface area (Å²) >= 11 is 9.59. The van der Waals surface area contributed by atoms with Gasteiger partial charge in [0.15, 0.2) is 5.78 Å². The van der Waals surface area contributed by atoms with Gasteiger partial charge in [-0.25, -0.2) is 4.99 Å². The van der Waals surface area contributed by atoms with Crippen LogP contribution in [0.3, 0.4) is 0 Å². The number of benzene rings is 3. The van der Waals surface area contributed by atoms with Gasteiger partial charge in [0.05, 0.1) is 11.4 Å². The van der Waals surface area contributed by atoms with Crippen molar-refractivity contribution in [2.75, 3.05) is 5.32 Å². The molecule has 1 aliphatic heterocycles. The second-order valence-electron chi connectivity index (χ2n) is 6.42. The van der Waals surface area contributed by atoms with Gasteiger partial charge in [0.1, 0.15) is 5.71 Å². The van der Waals surface area contributed by atoms with Crippen molar-refractivity contribution in [3.63, 3.8) is 0 Å². The van der Waals surface area contributed by atoms with E-state index in [1.165, 1.54) is 0 Å². The first-order valence-corrected chi connectivity index (χ1v) is 9.71. The predicted molar refractivity (Wildman–Crippen MR) is 115 cm³/mol. The molecule has 0 atom stereocenters. The highest BCUT2D eigenvalue weighted by Gasteiger charge is 2.28. The van der Waals surface area contributed by atoms with E-state index >= 15 is 0 Å². The minimum Gasteiger partial charge on any atom is -0.320 e. The number of amides is 1. The van der Waals surface area contributed by atoms with Gasteiger partial charge in [0.2, 0.25) is 0 Å². The number of nitrogens with one attached hydrogen (secondary N) is 1. The number of aryl methyl sites for hydroxylation is 1. The second kappa shape index (κ2) is 7.34. The standard InChI is InChI=1S/C22H14BrClN2O2/c1-12-9-14(23)10-17-19(12)26-22(28)20(17)25-18-8-7-15(24)11-16(18)21(27)13-5-3-2-4-6-13/h2-11H,1H3,(H,25,26,28). The number of aliphatic imine (C=N–C) groups is 1. The maximum Gasteiger partial charge on any atom is 0.275 e. The SMILES string of the molecule is Cc1cc(Br)cc2c1NC(=O)C2=Nc1ccc(Cl)cc1C(=O)c1ccccc1. The zero-order chi connectivity index (χ0) is 19.8. The molecule has 6 heteroatoms. The Kier molecular flexibility index (Phi) is 4.87. The van der Waals surface area contributed by atoms with E-state index in [0.717, 1.165) is 15.7 Å². The summed E-state index contributed by atoms with van der Waals surface area (Å²) in [7, 11) is 0. The molecular formula is C22H14BrClN2O2. The third-order valence-electron chi connectivity index (χ3n) is 4.48. The van der Waals surface area contributed by atoms with Gasteiger partial charge >= 0.3 is 0 Å². The summed E-state index contributed by atoms with van der Waals surface area (Å²) < 4.78 is 0.852. The van der Waals surface area contributed by atoms with Crippen LogP contribution in [0.1, 0.15) is 27.0 Å². The summed E-state index contributed by atoms with van der Waals surface area (Å²) in [5, 5.41) is 3.28. The van der Waals surface area contributed by atoms with Crippen LogP contribution in [0.15, 0.2) is 70.1 Å². The number of hydrogen-bond donors (Lipinski definition) is 1. The Bertz CT molecular complexity index is 1160. The van der Waals surface area contributed by atoms with Crippen molar-refractivity contribution in [2.24, 2.45) is 4.99 Å². The Morgan fingerprint density at radius 3 is 2.57 bits per heavy atom. The highest BCUT2D eigenvalue weighted by Crippen LogP contribution is 2.33. The lowest BCUT2D eigenvalue weighted by Crippen LogP contribution is -2.14. The first-order chi connectivity index (χ1) is 13.4. The van der Waals surface area contributed by atoms with Crippen LogP contribution >= 0.6 is 27.5 Å². The van der Waals surface area contributed by atoms with E-state index in [4.69, 9.17) is 11.6 Å². The number of hydrogen-bond acceptors (Lipinski definition) is 3. The average molecular weight is 454 g/mol. The molecule has 0 saturated carbocycles. The number of nitrogens with zero attached hydrogens (tertiary/aromatic N) is 1. The highest BCUT2D eigenvalue weighted by atomic mass is 79.9. The van der Waals surface area contributed by atoms with Crippen LogP contribution < -0.4 is 5.32 Å². The highest BCUT2D eigenvalue weighted by molar-refractivity contribution is 9.10. The lowest BCUT2D eigenvalue weighted by molar-refractivity contribution is -0.110. The zero-order valence-electron chi connectivity index (χ0n) is 14.8. The quantitative estimate of drug-likeness (QED) is 0.516. The molecule has 0 aromatic heterocycles. The van der Waals surface area contributed by atoms with Gasteiger partial charge in [-0.2, -0.15) is 0 Å². The fourth-order valence-electron chi connectivity index (χ4n) is 3.15. The molecule has 0 spiro atoms. The monoisotopic (exact) mass is 452 g/mol. The van der Waals surface area contributed by atoms with E-state index in [1.54, 1.807) is 42.5 Å². The zero-order valence-corrected chi connectivity index (χ0v) is 17.1. The van der Waals surface area contributed by atoms with Gasteiger partial charge in [-0.05, 0) is 42.8 Å². The van der Waals surface area contributed by atoms with E-state index in [9.17, 15) is 9.59 Å². The number of halogens is 2. The number of fused-ring (bicyclic) bond motifs is 1. The van der Waals surface area contributed by atoms with Crippen molar-refractivity contribution in [3.05, 3.63) is 92.4 Å². The van der Waals surface area contributed by atoms with Crippen molar-refractivity contribution in [1.29, 1.82) is 0 Å². The van der Waals surface area contributed by atoms with E-state index in [0.29, 0.717) is 27.4 Å². The van der Waals surface area contributed by atoms with E-state index in [1.807, 2.05) is 25.1 Å². The van der Waals surface area contributed by atoms with Gasteiger partial charge in [-0.1, -0.05) is 57.9 Å². The fourth-order valence-corrected chi connectivity index (χ4v) is 3.90. The minimum atomic E-state index is -0.302. The third-order valence-corrected chi connectivity index (χ3v) is 5.17. The van der Waals surface area contributed by atoms with Gasteiger partial charge in [-0.15, -0.1) is 0 Å². The Balaban J connectivity index is 1.86. The Morgan fingerprint density at radius 2 is 1.82 bits per heavy atom. The molecule has 28 heavy (non-hydrogen) atoms. The number of carbonyl (C=O) groups is 2. The number of anilines is 1. The van der Waals surface area contributed by atoms with Gasteiger partial charge in [0.25, 0.3) is 5.91 Å². The summed E-state index contributed by atoms with van der Waals surface area (Å²) in [5.74, 6) is -0.504. The number of ketones is 1. The summed E-state index contributed by atoms with van der Waals surface area (Å²) in [5.41, 5.74) is 3.90. The molecule has 3 aromatic rings. The van der Waals surface area contributed by atoms with Crippen LogP contribution in [-0.4, -0.2) is 17.4 Å². The van der Waals surface area contributed by atoms with Crippen molar-refractivity contribution in [3.8, 4) is 0 Å². The third kappa shape index (κ3) is 3.39. The summed E-state index contributed by atoms with van der Waals surface area (Å²) in [6, 6.07) is 17.6. The normalized spacial score (nSPS) is 14.1. The molecule has 0 unspecified atom stereocenters. The smallest absolute Gasteiger partial charge is 0.275 e. The largest absolute Gasteiger partial charge is 0.320 e. The van der Waals surface area contributed by atoms with Gasteiger partial charge < -0.3 is 5.32 Å². The molecule has 1 heterocycles. The first kappa shape index (κ1) is 18.6. The molecule has 138 valence electrons. The van der Waals surface area contributed by atoms with Gasteiger partial charge in [0, 0.05) is 26.2 Å². The molecule has 1 amide bonds. The maximum atomic E-state index is 13.0. The van der Waals surface area contributed by atoms with Crippen LogP contribution in [0.5, 0.6) is 0 Å². The van der Waals surface area contributed by atoms with Crippen molar-refractivity contribution in [2.45, 2.75) is 6.92 Å². The van der Waals surface area contributed by atoms with E-state index < -0.39 is 0 Å². The van der Waals surface area contributed by atoms with Crippen molar-refractivity contribution >= 4 is 56.3 Å². The van der Waals surface area contributed by atoms with Crippen LogP contribution in [0, 0.1) is 6.92 Å². The Morgan fingerprint density at radius 1 is 1.07 bits per heavy atom. The van der Waals surface area contributed by atoms with Crippen molar-refractivity contribution in [1.82, 2.24) is 0 Å². The molecule has 1 N–H and O–H groups in total. The Labute approximate surface area is 175 Å². The molecule has 0 radical (unpaired) electrons. The number of rotatable bonds is 3. The lowest BCUT2D eigenvalue weighted by Gasteiger charge is -2.07. The molecule has 0 bridgehead atoms. The fraction of sp³-hybridized carbons (Fsp3) is 0.0455. The molecule has 0 aliphatic carbocycles. The molecule has 1 aliphatic rings. The summed E-state index contributed by atoms with van der Waals surface area (Å²) in [6.45, 7) is 1.92. The minimum absolute atomic E-state index is 0.202. The van der Waals surface area contributed by atoms with Crippen LogP contribution in [-0.2, 0) is 4.79 Å². The van der Waals surface area contributed by atoms with E-state index in [-0.39, 0.29) is 17.4 Å². The van der Waals surface area contributed by atoms with Crippen LogP contribution in [0.4, 0.5) is 11.4 Å². The van der Waals surface area contributed by atoms with Crippen LogP contribution in [0.25, 0.3) is 0 Å². The molecule has 3 aromatic carbocycles. The molecular weight excluding hydrogens is 440 g/mol. The predicted octanol–water partition coefficient (Wildman–Crippen LogP) is 5.71. The topological polar surface area (TPSA) is 58.5 Å². The lowest BCUT2D eigenvalue weighted by atomic mass is 10.0. The second-order valence-corrected chi connectivity index (χ2v) is 7.77. The van der Waals surface area contributed by atoms with Gasteiger partial charge in [-0.3, -0.25) is 9.59 Å². The Hall–Kier alpha value is -2.76.